The summed E-state index contributed by atoms with van der Waals surface area (Å²) in [6.07, 6.45) is 1.46. The van der Waals surface area contributed by atoms with Crippen LogP contribution in [0.3, 0.4) is 0 Å². The molecule has 6 nitrogen and oxygen atoms in total. The monoisotopic (exact) mass is 358 g/mol. The van der Waals surface area contributed by atoms with Gasteiger partial charge in [-0.2, -0.15) is 4.98 Å². The SMILES string of the molecule is COc1ccc(OC)c(Nc2ccnc(Nc3c(F)cccc3F)n2)c1. The van der Waals surface area contributed by atoms with Gasteiger partial charge in [0.05, 0.1) is 19.9 Å². The van der Waals surface area contributed by atoms with Gasteiger partial charge >= 0.3 is 0 Å². The van der Waals surface area contributed by atoms with Crippen molar-refractivity contribution in [3.8, 4) is 11.5 Å². The van der Waals surface area contributed by atoms with Crippen LogP contribution in [-0.2, 0) is 0 Å². The fourth-order valence-corrected chi connectivity index (χ4v) is 2.27. The summed E-state index contributed by atoms with van der Waals surface area (Å²) in [7, 11) is 3.10. The molecule has 0 aliphatic heterocycles. The molecule has 0 aliphatic carbocycles. The fourth-order valence-electron chi connectivity index (χ4n) is 2.27. The van der Waals surface area contributed by atoms with Crippen molar-refractivity contribution in [3.05, 3.63) is 60.3 Å². The molecule has 0 spiro atoms. The van der Waals surface area contributed by atoms with Crippen molar-refractivity contribution in [1.82, 2.24) is 9.97 Å². The number of benzene rings is 2. The molecule has 1 aromatic heterocycles. The average molecular weight is 358 g/mol. The second-order valence-corrected chi connectivity index (χ2v) is 5.18. The number of hydrogen-bond acceptors (Lipinski definition) is 6. The van der Waals surface area contributed by atoms with Crippen LogP contribution in [0.25, 0.3) is 0 Å². The smallest absolute Gasteiger partial charge is 0.229 e. The number of anilines is 4. The Morgan fingerprint density at radius 3 is 2.38 bits per heavy atom. The zero-order valence-electron chi connectivity index (χ0n) is 14.1. The van der Waals surface area contributed by atoms with Crippen molar-refractivity contribution in [2.75, 3.05) is 24.9 Å². The van der Waals surface area contributed by atoms with Gasteiger partial charge in [-0.05, 0) is 30.3 Å². The van der Waals surface area contributed by atoms with Crippen molar-refractivity contribution < 1.29 is 18.3 Å². The molecule has 2 aromatic carbocycles. The van der Waals surface area contributed by atoms with Crippen molar-refractivity contribution >= 4 is 23.1 Å². The average Bonchev–Trinajstić information content (AvgIpc) is 2.65. The molecule has 0 bridgehead atoms. The van der Waals surface area contributed by atoms with E-state index >= 15 is 0 Å². The van der Waals surface area contributed by atoms with Gasteiger partial charge in [-0.3, -0.25) is 0 Å². The van der Waals surface area contributed by atoms with Gasteiger partial charge in [-0.15, -0.1) is 0 Å². The summed E-state index contributed by atoms with van der Waals surface area (Å²) < 4.78 is 38.0. The molecular formula is C18H16F2N4O2. The van der Waals surface area contributed by atoms with E-state index in [0.29, 0.717) is 23.0 Å². The molecule has 8 heteroatoms. The van der Waals surface area contributed by atoms with Crippen LogP contribution in [0.15, 0.2) is 48.7 Å². The van der Waals surface area contributed by atoms with E-state index in [1.165, 1.54) is 12.3 Å². The highest BCUT2D eigenvalue weighted by Crippen LogP contribution is 2.31. The van der Waals surface area contributed by atoms with Crippen LogP contribution < -0.4 is 20.1 Å². The summed E-state index contributed by atoms with van der Waals surface area (Å²) in [5.74, 6) is 0.197. The molecule has 3 aromatic rings. The summed E-state index contributed by atoms with van der Waals surface area (Å²) in [5, 5.41) is 5.62. The van der Waals surface area contributed by atoms with Gasteiger partial charge in [0.2, 0.25) is 5.95 Å². The van der Waals surface area contributed by atoms with Gasteiger partial charge in [0.15, 0.2) is 0 Å². The number of hydrogen-bond donors (Lipinski definition) is 2. The first kappa shape index (κ1) is 17.4. The first-order valence-electron chi connectivity index (χ1n) is 7.64. The van der Waals surface area contributed by atoms with Gasteiger partial charge in [-0.25, -0.2) is 13.8 Å². The number of methoxy groups -OCH3 is 2. The Kier molecular flexibility index (Phi) is 5.12. The number of rotatable bonds is 6. The quantitative estimate of drug-likeness (QED) is 0.686. The van der Waals surface area contributed by atoms with Crippen LogP contribution in [0.4, 0.5) is 31.9 Å². The minimum absolute atomic E-state index is 0.0425. The molecule has 0 radical (unpaired) electrons. The highest BCUT2D eigenvalue weighted by atomic mass is 19.1. The summed E-state index contributed by atoms with van der Waals surface area (Å²) in [4.78, 5) is 8.20. The summed E-state index contributed by atoms with van der Waals surface area (Å²) >= 11 is 0. The van der Waals surface area contributed by atoms with Gasteiger partial charge in [0, 0.05) is 12.3 Å². The maximum atomic E-state index is 13.8. The summed E-state index contributed by atoms with van der Waals surface area (Å²) in [6, 6.07) is 10.4. The fraction of sp³-hybridized carbons (Fsp3) is 0.111. The van der Waals surface area contributed by atoms with Crippen LogP contribution >= 0.6 is 0 Å². The van der Waals surface area contributed by atoms with Crippen LogP contribution in [-0.4, -0.2) is 24.2 Å². The van der Waals surface area contributed by atoms with E-state index in [1.54, 1.807) is 38.5 Å². The van der Waals surface area contributed by atoms with E-state index in [1.807, 2.05) is 0 Å². The Balaban J connectivity index is 1.86. The van der Waals surface area contributed by atoms with E-state index in [-0.39, 0.29) is 11.6 Å². The normalized spacial score (nSPS) is 10.3. The van der Waals surface area contributed by atoms with Crippen molar-refractivity contribution in [1.29, 1.82) is 0 Å². The molecule has 134 valence electrons. The third-order valence-electron chi connectivity index (χ3n) is 3.52. The first-order valence-corrected chi connectivity index (χ1v) is 7.64. The van der Waals surface area contributed by atoms with E-state index in [2.05, 4.69) is 20.6 Å². The lowest BCUT2D eigenvalue weighted by Gasteiger charge is -2.13. The second kappa shape index (κ2) is 7.64. The maximum absolute atomic E-state index is 13.8. The summed E-state index contributed by atoms with van der Waals surface area (Å²) in [5.41, 5.74) is 0.303. The molecule has 0 unspecified atom stereocenters. The van der Waals surface area contributed by atoms with E-state index in [4.69, 9.17) is 9.47 Å². The largest absolute Gasteiger partial charge is 0.497 e. The molecule has 0 amide bonds. The number of aromatic nitrogens is 2. The Hall–Kier alpha value is -3.42. The predicted octanol–water partition coefficient (Wildman–Crippen LogP) is 4.26. The molecule has 0 saturated heterocycles. The zero-order valence-corrected chi connectivity index (χ0v) is 14.1. The first-order chi connectivity index (χ1) is 12.6. The van der Waals surface area contributed by atoms with E-state index in [0.717, 1.165) is 12.1 Å². The lowest BCUT2D eigenvalue weighted by molar-refractivity contribution is 0.405. The molecule has 0 atom stereocenters. The molecule has 2 N–H and O–H groups in total. The van der Waals surface area contributed by atoms with Crippen molar-refractivity contribution in [2.45, 2.75) is 0 Å². The maximum Gasteiger partial charge on any atom is 0.229 e. The van der Waals surface area contributed by atoms with Crippen LogP contribution in [0.1, 0.15) is 0 Å². The Morgan fingerprint density at radius 2 is 1.69 bits per heavy atom. The molecular weight excluding hydrogens is 342 g/mol. The lowest BCUT2D eigenvalue weighted by Crippen LogP contribution is -2.04. The highest BCUT2D eigenvalue weighted by Gasteiger charge is 2.11. The molecule has 0 saturated carbocycles. The Labute approximate surface area is 148 Å². The number of para-hydroxylation sites is 1. The molecule has 1 heterocycles. The van der Waals surface area contributed by atoms with Gasteiger partial charge in [-0.1, -0.05) is 6.07 Å². The molecule has 0 aliphatic rings. The second-order valence-electron chi connectivity index (χ2n) is 5.18. The minimum Gasteiger partial charge on any atom is -0.497 e. The van der Waals surface area contributed by atoms with Crippen LogP contribution in [0.5, 0.6) is 11.5 Å². The number of nitrogens with zero attached hydrogens (tertiary/aromatic N) is 2. The number of ether oxygens (including phenoxy) is 2. The zero-order chi connectivity index (χ0) is 18.5. The minimum atomic E-state index is -0.735. The summed E-state index contributed by atoms with van der Waals surface area (Å²) in [6.45, 7) is 0. The Bertz CT molecular complexity index is 901. The van der Waals surface area contributed by atoms with Gasteiger partial charge < -0.3 is 20.1 Å². The molecule has 3 rings (SSSR count). The van der Waals surface area contributed by atoms with E-state index in [9.17, 15) is 8.78 Å². The van der Waals surface area contributed by atoms with Crippen molar-refractivity contribution in [3.63, 3.8) is 0 Å². The topological polar surface area (TPSA) is 68.3 Å². The molecule has 26 heavy (non-hydrogen) atoms. The Morgan fingerprint density at radius 1 is 0.923 bits per heavy atom. The standard InChI is InChI=1S/C18H16F2N4O2/c1-25-11-6-7-15(26-2)14(10-11)22-16-8-9-21-18(23-16)24-17-12(19)4-3-5-13(17)20/h3-10H,1-2H3,(H2,21,22,23,24). The van der Waals surface area contributed by atoms with Crippen LogP contribution in [0, 0.1) is 11.6 Å². The number of nitrogens with one attached hydrogen (secondary N) is 2. The predicted molar refractivity (Wildman–Crippen MR) is 94.5 cm³/mol. The highest BCUT2D eigenvalue weighted by molar-refractivity contribution is 5.67. The third-order valence-corrected chi connectivity index (χ3v) is 3.52. The van der Waals surface area contributed by atoms with Gasteiger partial charge in [0.1, 0.15) is 34.6 Å². The molecule has 0 fully saturated rings. The van der Waals surface area contributed by atoms with Crippen LogP contribution in [0.2, 0.25) is 0 Å². The van der Waals surface area contributed by atoms with Gasteiger partial charge in [0.25, 0.3) is 0 Å². The van der Waals surface area contributed by atoms with Crippen molar-refractivity contribution in [2.24, 2.45) is 0 Å². The van der Waals surface area contributed by atoms with E-state index < -0.39 is 11.6 Å². The number of halogens is 2. The third kappa shape index (κ3) is 3.80. The lowest BCUT2D eigenvalue weighted by atomic mass is 10.2.